The van der Waals surface area contributed by atoms with E-state index in [0.717, 1.165) is 6.29 Å². The van der Waals surface area contributed by atoms with Gasteiger partial charge in [0.2, 0.25) is 0 Å². The first-order valence-electron chi connectivity index (χ1n) is 6.28. The second-order valence-corrected chi connectivity index (χ2v) is 4.07. The number of esters is 1. The summed E-state index contributed by atoms with van der Waals surface area (Å²) in [7, 11) is 1.29. The van der Waals surface area contributed by atoms with Crippen molar-refractivity contribution < 1.29 is 29.3 Å². The number of phenolic OH excluding ortho intramolecular Hbond substituents is 2. The summed E-state index contributed by atoms with van der Waals surface area (Å²) in [6.07, 6.45) is 0.740. The average molecular weight is 304 g/mol. The van der Waals surface area contributed by atoms with Crippen molar-refractivity contribution in [1.29, 1.82) is 0 Å². The van der Waals surface area contributed by atoms with E-state index in [1.807, 2.05) is 0 Å². The van der Waals surface area contributed by atoms with Gasteiger partial charge in [0.25, 0.3) is 0 Å². The average Bonchev–Trinajstić information content (AvgIpc) is 2.53. The summed E-state index contributed by atoms with van der Waals surface area (Å²) in [6.45, 7) is -0.128. The first kappa shape index (κ1) is 17.0. The molecule has 0 saturated heterocycles. The lowest BCUT2D eigenvalue weighted by molar-refractivity contribution is -0.142. The molecular formula is C16H16O6. The van der Waals surface area contributed by atoms with E-state index in [2.05, 4.69) is 4.74 Å². The van der Waals surface area contributed by atoms with Gasteiger partial charge in [0.1, 0.15) is 23.5 Å². The zero-order valence-corrected chi connectivity index (χ0v) is 11.9. The third-order valence-corrected chi connectivity index (χ3v) is 2.43. The minimum absolute atomic E-state index is 0.0880. The molecule has 0 aliphatic carbocycles. The van der Waals surface area contributed by atoms with Crippen LogP contribution in [0.25, 0.3) is 0 Å². The molecule has 2 aromatic rings. The summed E-state index contributed by atoms with van der Waals surface area (Å²) in [5, 5.41) is 17.3. The molecule has 22 heavy (non-hydrogen) atoms. The zero-order chi connectivity index (χ0) is 16.4. The molecule has 2 aromatic carbocycles. The standard InChI is InChI=1S/C10H10O4.C6H6O2/c1-13-10(12)7-14-9-4-2-8(6-11)3-5-9;7-5-2-1-3-6(8)4-5/h2-6H,7H2,1H3;1-4,7-8H. The molecule has 6 heteroatoms. The molecule has 0 radical (unpaired) electrons. The second-order valence-electron chi connectivity index (χ2n) is 4.07. The van der Waals surface area contributed by atoms with Crippen LogP contribution in [0.15, 0.2) is 48.5 Å². The Labute approximate surface area is 127 Å². The van der Waals surface area contributed by atoms with Gasteiger partial charge in [-0.2, -0.15) is 0 Å². The van der Waals surface area contributed by atoms with Crippen LogP contribution in [0.3, 0.4) is 0 Å². The first-order valence-corrected chi connectivity index (χ1v) is 6.28. The molecule has 0 saturated carbocycles. The van der Waals surface area contributed by atoms with Gasteiger partial charge < -0.3 is 19.7 Å². The third kappa shape index (κ3) is 6.42. The Kier molecular flexibility index (Phi) is 6.98. The fraction of sp³-hybridized carbons (Fsp3) is 0.125. The molecule has 0 fully saturated rings. The summed E-state index contributed by atoms with van der Waals surface area (Å²) in [6, 6.07) is 12.3. The Morgan fingerprint density at radius 2 is 1.68 bits per heavy atom. The van der Waals surface area contributed by atoms with Gasteiger partial charge in [-0.15, -0.1) is 0 Å². The molecular weight excluding hydrogens is 288 g/mol. The van der Waals surface area contributed by atoms with Crippen LogP contribution < -0.4 is 4.74 Å². The van der Waals surface area contributed by atoms with E-state index < -0.39 is 5.97 Å². The summed E-state index contributed by atoms with van der Waals surface area (Å²) >= 11 is 0. The molecule has 0 bridgehead atoms. The first-order chi connectivity index (χ1) is 10.5. The smallest absolute Gasteiger partial charge is 0.343 e. The van der Waals surface area contributed by atoms with Gasteiger partial charge in [-0.05, 0) is 36.4 Å². The van der Waals surface area contributed by atoms with Crippen LogP contribution in [0.5, 0.6) is 17.2 Å². The number of benzene rings is 2. The number of phenols is 2. The van der Waals surface area contributed by atoms with Crippen molar-refractivity contribution in [2.45, 2.75) is 0 Å². The minimum atomic E-state index is -0.440. The highest BCUT2D eigenvalue weighted by molar-refractivity contribution is 5.75. The zero-order valence-electron chi connectivity index (χ0n) is 11.9. The van der Waals surface area contributed by atoms with Crippen LogP contribution >= 0.6 is 0 Å². The largest absolute Gasteiger partial charge is 0.508 e. The minimum Gasteiger partial charge on any atom is -0.508 e. The molecule has 0 heterocycles. The van der Waals surface area contributed by atoms with Crippen LogP contribution in [0.4, 0.5) is 0 Å². The lowest BCUT2D eigenvalue weighted by Gasteiger charge is -2.03. The Morgan fingerprint density at radius 3 is 2.09 bits per heavy atom. The van der Waals surface area contributed by atoms with E-state index >= 15 is 0 Å². The molecule has 0 unspecified atom stereocenters. The summed E-state index contributed by atoms with van der Waals surface area (Å²) < 4.78 is 9.46. The summed E-state index contributed by atoms with van der Waals surface area (Å²) in [5.41, 5.74) is 0.565. The highest BCUT2D eigenvalue weighted by Crippen LogP contribution is 2.14. The van der Waals surface area contributed by atoms with Gasteiger partial charge in [-0.1, -0.05) is 6.07 Å². The van der Waals surface area contributed by atoms with Gasteiger partial charge in [0, 0.05) is 11.6 Å². The molecule has 0 aliphatic heterocycles. The molecule has 2 N–H and O–H groups in total. The number of aromatic hydroxyl groups is 2. The van der Waals surface area contributed by atoms with Gasteiger partial charge in [-0.25, -0.2) is 4.79 Å². The Balaban J connectivity index is 0.000000255. The van der Waals surface area contributed by atoms with Crippen LogP contribution in [-0.2, 0) is 9.53 Å². The molecule has 0 atom stereocenters. The second kappa shape index (κ2) is 9.02. The molecule has 0 aliphatic rings. The number of carbonyl (C=O) groups excluding carboxylic acids is 2. The van der Waals surface area contributed by atoms with Crippen molar-refractivity contribution >= 4 is 12.3 Å². The number of rotatable bonds is 4. The molecule has 6 nitrogen and oxygen atoms in total. The quantitative estimate of drug-likeness (QED) is 0.664. The topological polar surface area (TPSA) is 93.1 Å². The number of hydrogen-bond acceptors (Lipinski definition) is 6. The molecule has 2 rings (SSSR count). The Bertz CT molecular complexity index is 589. The maximum Gasteiger partial charge on any atom is 0.343 e. The van der Waals surface area contributed by atoms with Gasteiger partial charge in [-0.3, -0.25) is 4.79 Å². The van der Waals surface area contributed by atoms with E-state index in [0.29, 0.717) is 11.3 Å². The van der Waals surface area contributed by atoms with E-state index in [1.54, 1.807) is 30.3 Å². The number of ether oxygens (including phenoxy) is 2. The van der Waals surface area contributed by atoms with Crippen molar-refractivity contribution in [3.63, 3.8) is 0 Å². The summed E-state index contributed by atoms with van der Waals surface area (Å²) in [4.78, 5) is 21.0. The Morgan fingerprint density at radius 1 is 1.09 bits per heavy atom. The van der Waals surface area contributed by atoms with E-state index in [1.165, 1.54) is 25.3 Å². The van der Waals surface area contributed by atoms with Crippen molar-refractivity contribution in [3.05, 3.63) is 54.1 Å². The van der Waals surface area contributed by atoms with Gasteiger partial charge in [0.05, 0.1) is 7.11 Å². The maximum atomic E-state index is 10.7. The van der Waals surface area contributed by atoms with Crippen LogP contribution in [0, 0.1) is 0 Å². The van der Waals surface area contributed by atoms with Gasteiger partial charge in [0.15, 0.2) is 6.61 Å². The van der Waals surface area contributed by atoms with Crippen LogP contribution in [0.1, 0.15) is 10.4 Å². The number of aldehydes is 1. The van der Waals surface area contributed by atoms with E-state index in [-0.39, 0.29) is 18.1 Å². The SMILES string of the molecule is COC(=O)COc1ccc(C=O)cc1.Oc1cccc(O)c1. The van der Waals surface area contributed by atoms with E-state index in [9.17, 15) is 9.59 Å². The molecule has 116 valence electrons. The normalized spacial score (nSPS) is 9.14. The van der Waals surface area contributed by atoms with Crippen LogP contribution in [0.2, 0.25) is 0 Å². The van der Waals surface area contributed by atoms with Crippen molar-refractivity contribution in [2.24, 2.45) is 0 Å². The molecule has 0 spiro atoms. The van der Waals surface area contributed by atoms with E-state index in [4.69, 9.17) is 14.9 Å². The lowest BCUT2D eigenvalue weighted by atomic mass is 10.2. The predicted octanol–water partition coefficient (Wildman–Crippen LogP) is 2.15. The number of carbonyl (C=O) groups is 2. The third-order valence-electron chi connectivity index (χ3n) is 2.43. The lowest BCUT2D eigenvalue weighted by Crippen LogP contribution is -2.12. The number of hydrogen-bond donors (Lipinski definition) is 2. The predicted molar refractivity (Wildman–Crippen MR) is 79.1 cm³/mol. The van der Waals surface area contributed by atoms with Crippen molar-refractivity contribution in [2.75, 3.05) is 13.7 Å². The maximum absolute atomic E-state index is 10.7. The Hall–Kier alpha value is -3.02. The fourth-order valence-corrected chi connectivity index (χ4v) is 1.34. The summed E-state index contributed by atoms with van der Waals surface area (Å²) in [5.74, 6) is 0.264. The monoisotopic (exact) mass is 304 g/mol. The highest BCUT2D eigenvalue weighted by Gasteiger charge is 2.00. The highest BCUT2D eigenvalue weighted by atomic mass is 16.6. The number of methoxy groups -OCH3 is 1. The molecule has 0 aromatic heterocycles. The van der Waals surface area contributed by atoms with Gasteiger partial charge >= 0.3 is 5.97 Å². The fourth-order valence-electron chi connectivity index (χ4n) is 1.34. The van der Waals surface area contributed by atoms with Crippen LogP contribution in [-0.4, -0.2) is 36.2 Å². The molecule has 0 amide bonds. The van der Waals surface area contributed by atoms with Crippen molar-refractivity contribution in [1.82, 2.24) is 0 Å². The van der Waals surface area contributed by atoms with Crippen molar-refractivity contribution in [3.8, 4) is 17.2 Å².